The summed E-state index contributed by atoms with van der Waals surface area (Å²) in [5, 5.41) is 3.42. The lowest BCUT2D eigenvalue weighted by molar-refractivity contribution is -0.120. The zero-order valence-corrected chi connectivity index (χ0v) is 12.6. The molecule has 0 saturated carbocycles. The minimum absolute atomic E-state index is 0.0746. The Morgan fingerprint density at radius 3 is 2.89 bits per heavy atom. The number of carbonyl (C=O) groups is 1. The van der Waals surface area contributed by atoms with Crippen molar-refractivity contribution in [1.82, 2.24) is 5.32 Å². The van der Waals surface area contributed by atoms with E-state index in [1.54, 1.807) is 6.07 Å². The molecule has 0 radical (unpaired) electrons. The van der Waals surface area contributed by atoms with Crippen molar-refractivity contribution in [3.8, 4) is 5.75 Å². The van der Waals surface area contributed by atoms with E-state index in [1.807, 2.05) is 12.1 Å². The van der Waals surface area contributed by atoms with Crippen LogP contribution in [0.1, 0.15) is 31.7 Å². The highest BCUT2D eigenvalue weighted by molar-refractivity contribution is 6.30. The fourth-order valence-corrected chi connectivity index (χ4v) is 1.89. The SMILES string of the molecule is CCCCOc1ccc(Cl)cc1CNC(=O)CCCl. The van der Waals surface area contributed by atoms with Crippen LogP contribution in [-0.4, -0.2) is 18.4 Å². The molecule has 0 aromatic heterocycles. The molecule has 0 heterocycles. The predicted molar refractivity (Wildman–Crippen MR) is 79.0 cm³/mol. The van der Waals surface area contributed by atoms with Crippen molar-refractivity contribution in [3.63, 3.8) is 0 Å². The Morgan fingerprint density at radius 2 is 2.21 bits per heavy atom. The molecule has 1 aromatic carbocycles. The first-order chi connectivity index (χ1) is 9.17. The van der Waals surface area contributed by atoms with Crippen molar-refractivity contribution in [2.75, 3.05) is 12.5 Å². The van der Waals surface area contributed by atoms with Crippen molar-refractivity contribution in [2.24, 2.45) is 0 Å². The van der Waals surface area contributed by atoms with Gasteiger partial charge in [0.25, 0.3) is 0 Å². The first-order valence-corrected chi connectivity index (χ1v) is 7.32. The summed E-state index contributed by atoms with van der Waals surface area (Å²) in [5.74, 6) is 1.01. The number of unbranched alkanes of at least 4 members (excludes halogenated alkanes) is 1. The van der Waals surface area contributed by atoms with Gasteiger partial charge < -0.3 is 10.1 Å². The molecule has 19 heavy (non-hydrogen) atoms. The van der Waals surface area contributed by atoms with Crippen LogP contribution in [0.15, 0.2) is 18.2 Å². The molecule has 106 valence electrons. The molecule has 0 aliphatic carbocycles. The van der Waals surface area contributed by atoms with E-state index in [4.69, 9.17) is 27.9 Å². The van der Waals surface area contributed by atoms with E-state index in [0.29, 0.717) is 30.5 Å². The van der Waals surface area contributed by atoms with Gasteiger partial charge in [0.15, 0.2) is 0 Å². The number of hydrogen-bond acceptors (Lipinski definition) is 2. The molecule has 1 N–H and O–H groups in total. The van der Waals surface area contributed by atoms with Gasteiger partial charge in [0, 0.05) is 29.4 Å². The topological polar surface area (TPSA) is 38.3 Å². The number of hydrogen-bond donors (Lipinski definition) is 1. The molecular weight excluding hydrogens is 285 g/mol. The van der Waals surface area contributed by atoms with Gasteiger partial charge in [-0.05, 0) is 24.6 Å². The summed E-state index contributed by atoms with van der Waals surface area (Å²) in [6.07, 6.45) is 2.39. The Hall–Kier alpha value is -0.930. The third kappa shape index (κ3) is 6.17. The number of alkyl halides is 1. The summed E-state index contributed by atoms with van der Waals surface area (Å²) in [6, 6.07) is 5.43. The predicted octanol–water partition coefficient (Wildman–Crippen LogP) is 3.76. The van der Waals surface area contributed by atoms with Crippen LogP contribution in [0.2, 0.25) is 5.02 Å². The zero-order valence-electron chi connectivity index (χ0n) is 11.0. The maximum Gasteiger partial charge on any atom is 0.221 e. The molecule has 0 atom stereocenters. The Bertz CT molecular complexity index is 410. The van der Waals surface area contributed by atoms with E-state index < -0.39 is 0 Å². The normalized spacial score (nSPS) is 10.3. The first kappa shape index (κ1) is 16.1. The Labute approximate surface area is 124 Å². The van der Waals surface area contributed by atoms with Gasteiger partial charge in [-0.3, -0.25) is 4.79 Å². The van der Waals surface area contributed by atoms with E-state index in [0.717, 1.165) is 24.2 Å². The summed E-state index contributed by atoms with van der Waals surface area (Å²) in [6.45, 7) is 3.18. The van der Waals surface area contributed by atoms with E-state index in [-0.39, 0.29) is 5.91 Å². The second kappa shape index (κ2) is 9.05. The zero-order chi connectivity index (χ0) is 14.1. The summed E-state index contributed by atoms with van der Waals surface area (Å²) in [5.41, 5.74) is 0.881. The quantitative estimate of drug-likeness (QED) is 0.586. The molecular formula is C14H19Cl2NO2. The Kier molecular flexibility index (Phi) is 7.68. The second-order valence-corrected chi connectivity index (χ2v) is 4.98. The highest BCUT2D eigenvalue weighted by atomic mass is 35.5. The van der Waals surface area contributed by atoms with E-state index >= 15 is 0 Å². The monoisotopic (exact) mass is 303 g/mol. The molecule has 0 spiro atoms. The number of carbonyl (C=O) groups excluding carboxylic acids is 1. The summed E-state index contributed by atoms with van der Waals surface area (Å²) in [7, 11) is 0. The standard InChI is InChI=1S/C14H19Cl2NO2/c1-2-3-8-19-13-5-4-12(16)9-11(13)10-17-14(18)6-7-15/h4-5,9H,2-3,6-8,10H2,1H3,(H,17,18). The average Bonchev–Trinajstić information content (AvgIpc) is 2.39. The van der Waals surface area contributed by atoms with Crippen molar-refractivity contribution in [1.29, 1.82) is 0 Å². The minimum atomic E-state index is -0.0746. The largest absolute Gasteiger partial charge is 0.493 e. The molecule has 3 nitrogen and oxygen atoms in total. The van der Waals surface area contributed by atoms with E-state index in [1.165, 1.54) is 0 Å². The van der Waals surface area contributed by atoms with Gasteiger partial charge in [-0.25, -0.2) is 0 Å². The van der Waals surface area contributed by atoms with Crippen LogP contribution in [0, 0.1) is 0 Å². The summed E-state index contributed by atoms with van der Waals surface area (Å²) >= 11 is 11.5. The smallest absolute Gasteiger partial charge is 0.221 e. The molecule has 0 bridgehead atoms. The van der Waals surface area contributed by atoms with Crippen LogP contribution >= 0.6 is 23.2 Å². The van der Waals surface area contributed by atoms with E-state index in [9.17, 15) is 4.79 Å². The highest BCUT2D eigenvalue weighted by Crippen LogP contribution is 2.23. The minimum Gasteiger partial charge on any atom is -0.493 e. The third-order valence-corrected chi connectivity index (χ3v) is 3.00. The molecule has 0 aliphatic rings. The van der Waals surface area contributed by atoms with Crippen molar-refractivity contribution in [2.45, 2.75) is 32.7 Å². The number of ether oxygens (including phenoxy) is 1. The van der Waals surface area contributed by atoms with Crippen LogP contribution in [0.3, 0.4) is 0 Å². The summed E-state index contributed by atoms with van der Waals surface area (Å²) in [4.78, 5) is 11.4. The lowest BCUT2D eigenvalue weighted by Gasteiger charge is -2.12. The van der Waals surface area contributed by atoms with Gasteiger partial charge in [0.05, 0.1) is 6.61 Å². The Balaban J connectivity index is 2.62. The lowest BCUT2D eigenvalue weighted by atomic mass is 10.2. The van der Waals surface area contributed by atoms with Crippen LogP contribution in [-0.2, 0) is 11.3 Å². The van der Waals surface area contributed by atoms with Gasteiger partial charge >= 0.3 is 0 Å². The van der Waals surface area contributed by atoms with Crippen molar-refractivity contribution in [3.05, 3.63) is 28.8 Å². The lowest BCUT2D eigenvalue weighted by Crippen LogP contribution is -2.23. The Morgan fingerprint density at radius 1 is 1.42 bits per heavy atom. The molecule has 0 fully saturated rings. The average molecular weight is 304 g/mol. The maximum absolute atomic E-state index is 11.4. The van der Waals surface area contributed by atoms with Gasteiger partial charge in [0.2, 0.25) is 5.91 Å². The number of nitrogens with one attached hydrogen (secondary N) is 1. The van der Waals surface area contributed by atoms with Crippen LogP contribution < -0.4 is 10.1 Å². The van der Waals surface area contributed by atoms with Crippen molar-refractivity contribution < 1.29 is 9.53 Å². The first-order valence-electron chi connectivity index (χ1n) is 6.41. The second-order valence-electron chi connectivity index (χ2n) is 4.17. The number of benzene rings is 1. The number of halogens is 2. The number of amides is 1. The maximum atomic E-state index is 11.4. The van der Waals surface area contributed by atoms with Gasteiger partial charge in [-0.2, -0.15) is 0 Å². The van der Waals surface area contributed by atoms with Gasteiger partial charge in [-0.1, -0.05) is 24.9 Å². The molecule has 5 heteroatoms. The molecule has 1 aromatic rings. The van der Waals surface area contributed by atoms with E-state index in [2.05, 4.69) is 12.2 Å². The van der Waals surface area contributed by atoms with Gasteiger partial charge in [0.1, 0.15) is 5.75 Å². The number of rotatable bonds is 8. The summed E-state index contributed by atoms with van der Waals surface area (Å²) < 4.78 is 5.69. The van der Waals surface area contributed by atoms with Crippen LogP contribution in [0.5, 0.6) is 5.75 Å². The third-order valence-electron chi connectivity index (χ3n) is 2.58. The molecule has 0 aliphatic heterocycles. The van der Waals surface area contributed by atoms with Crippen LogP contribution in [0.4, 0.5) is 0 Å². The van der Waals surface area contributed by atoms with Crippen molar-refractivity contribution >= 4 is 29.1 Å². The molecule has 0 saturated heterocycles. The molecule has 0 unspecified atom stereocenters. The van der Waals surface area contributed by atoms with Gasteiger partial charge in [-0.15, -0.1) is 11.6 Å². The van der Waals surface area contributed by atoms with Crippen LogP contribution in [0.25, 0.3) is 0 Å². The fourth-order valence-electron chi connectivity index (χ4n) is 1.52. The highest BCUT2D eigenvalue weighted by Gasteiger charge is 2.07. The fraction of sp³-hybridized carbons (Fsp3) is 0.500. The molecule has 1 amide bonds. The molecule has 1 rings (SSSR count).